The Labute approximate surface area is 73.9 Å². The third-order valence-corrected chi connectivity index (χ3v) is 1.87. The molecule has 13 heavy (non-hydrogen) atoms. The van der Waals surface area contributed by atoms with Crippen LogP contribution in [0.4, 0.5) is 0 Å². The van der Waals surface area contributed by atoms with Gasteiger partial charge in [0.25, 0.3) is 5.56 Å². The van der Waals surface area contributed by atoms with Crippen LogP contribution in [0.1, 0.15) is 5.56 Å². The molecule has 0 aliphatic rings. The Morgan fingerprint density at radius 2 is 2.23 bits per heavy atom. The Morgan fingerprint density at radius 1 is 1.46 bits per heavy atom. The highest BCUT2D eigenvalue weighted by molar-refractivity contribution is 5.83. The summed E-state index contributed by atoms with van der Waals surface area (Å²) in [6, 6.07) is 3.27. The number of aromatic nitrogens is 2. The third-order valence-electron chi connectivity index (χ3n) is 1.87. The largest absolute Gasteiger partial charge is 0.506 e. The van der Waals surface area contributed by atoms with Crippen LogP contribution in [0, 0.1) is 6.92 Å². The number of phenols is 1. The van der Waals surface area contributed by atoms with Crippen LogP contribution in [-0.2, 0) is 0 Å². The molecule has 0 aliphatic carbocycles. The lowest BCUT2D eigenvalue weighted by atomic mass is 10.1. The van der Waals surface area contributed by atoms with Gasteiger partial charge in [-0.05, 0) is 24.6 Å². The number of aromatic hydroxyl groups is 1. The molecule has 0 spiro atoms. The Balaban J connectivity index is 3.03. The lowest BCUT2D eigenvalue weighted by Crippen LogP contribution is -2.06. The first-order valence-corrected chi connectivity index (χ1v) is 3.85. The van der Waals surface area contributed by atoms with Gasteiger partial charge < -0.3 is 10.1 Å². The molecule has 2 aromatic rings. The Morgan fingerprint density at radius 3 is 3.00 bits per heavy atom. The maximum absolute atomic E-state index is 11.3. The van der Waals surface area contributed by atoms with Gasteiger partial charge in [-0.1, -0.05) is 0 Å². The monoisotopic (exact) mass is 176 g/mol. The van der Waals surface area contributed by atoms with Gasteiger partial charge in [0.2, 0.25) is 0 Å². The highest BCUT2D eigenvalue weighted by Crippen LogP contribution is 2.20. The van der Waals surface area contributed by atoms with Gasteiger partial charge >= 0.3 is 0 Å². The standard InChI is InChI=1S/C9H8N2O2/c1-5-2-6-8(7(12)3-5)10-4-11-9(6)13/h2-4,12H,1H3,(H,10,11,13). The lowest BCUT2D eigenvalue weighted by molar-refractivity contribution is 0.480. The SMILES string of the molecule is Cc1cc(O)c2nc[nH]c(=O)c2c1. The van der Waals surface area contributed by atoms with E-state index in [1.54, 1.807) is 12.1 Å². The molecule has 0 atom stereocenters. The first kappa shape index (κ1) is 7.79. The lowest BCUT2D eigenvalue weighted by Gasteiger charge is -1.99. The number of aromatic amines is 1. The maximum Gasteiger partial charge on any atom is 0.258 e. The Hall–Kier alpha value is -1.84. The van der Waals surface area contributed by atoms with E-state index >= 15 is 0 Å². The van der Waals surface area contributed by atoms with Crippen LogP contribution in [0.2, 0.25) is 0 Å². The van der Waals surface area contributed by atoms with E-state index in [-0.39, 0.29) is 11.3 Å². The molecule has 4 nitrogen and oxygen atoms in total. The van der Waals surface area contributed by atoms with Gasteiger partial charge in [0, 0.05) is 0 Å². The molecule has 1 aromatic heterocycles. The Bertz CT molecular complexity index is 516. The van der Waals surface area contributed by atoms with Crippen molar-refractivity contribution in [2.75, 3.05) is 0 Å². The first-order chi connectivity index (χ1) is 6.18. The topological polar surface area (TPSA) is 66.0 Å². The number of H-pyrrole nitrogens is 1. The number of phenolic OH excluding ortho intramolecular Hbond substituents is 1. The van der Waals surface area contributed by atoms with E-state index in [0.717, 1.165) is 5.56 Å². The van der Waals surface area contributed by atoms with Crippen molar-refractivity contribution in [3.63, 3.8) is 0 Å². The van der Waals surface area contributed by atoms with Crippen LogP contribution in [0.5, 0.6) is 5.75 Å². The second-order valence-electron chi connectivity index (χ2n) is 2.91. The van der Waals surface area contributed by atoms with Gasteiger partial charge in [-0.2, -0.15) is 0 Å². The van der Waals surface area contributed by atoms with Gasteiger partial charge in [0.05, 0.1) is 11.7 Å². The molecule has 1 heterocycles. The summed E-state index contributed by atoms with van der Waals surface area (Å²) in [4.78, 5) is 17.6. The number of nitrogens with one attached hydrogen (secondary N) is 1. The second kappa shape index (κ2) is 2.58. The van der Waals surface area contributed by atoms with E-state index in [4.69, 9.17) is 0 Å². The van der Waals surface area contributed by atoms with Crippen LogP contribution in [0.3, 0.4) is 0 Å². The zero-order chi connectivity index (χ0) is 9.42. The molecule has 0 saturated carbocycles. The molecule has 66 valence electrons. The molecule has 0 amide bonds. The number of rotatable bonds is 0. The van der Waals surface area contributed by atoms with Crippen molar-refractivity contribution >= 4 is 10.9 Å². The highest BCUT2D eigenvalue weighted by atomic mass is 16.3. The summed E-state index contributed by atoms with van der Waals surface area (Å²) in [6.07, 6.45) is 1.28. The van der Waals surface area contributed by atoms with Gasteiger partial charge in [-0.3, -0.25) is 4.79 Å². The minimum atomic E-state index is -0.232. The van der Waals surface area contributed by atoms with Crippen molar-refractivity contribution in [2.24, 2.45) is 0 Å². The van der Waals surface area contributed by atoms with Crippen LogP contribution in [0.15, 0.2) is 23.3 Å². The van der Waals surface area contributed by atoms with E-state index in [1.807, 2.05) is 6.92 Å². The van der Waals surface area contributed by atoms with Crippen molar-refractivity contribution < 1.29 is 5.11 Å². The number of hydrogen-bond donors (Lipinski definition) is 2. The minimum absolute atomic E-state index is 0.0427. The van der Waals surface area contributed by atoms with Crippen molar-refractivity contribution in [1.82, 2.24) is 9.97 Å². The van der Waals surface area contributed by atoms with E-state index in [9.17, 15) is 9.90 Å². The van der Waals surface area contributed by atoms with E-state index < -0.39 is 0 Å². The van der Waals surface area contributed by atoms with Gasteiger partial charge in [-0.25, -0.2) is 4.98 Å². The smallest absolute Gasteiger partial charge is 0.258 e. The van der Waals surface area contributed by atoms with Crippen molar-refractivity contribution in [1.29, 1.82) is 0 Å². The van der Waals surface area contributed by atoms with Crippen molar-refractivity contribution in [3.8, 4) is 5.75 Å². The fourth-order valence-corrected chi connectivity index (χ4v) is 1.30. The average Bonchev–Trinajstić information content (AvgIpc) is 2.07. The molecule has 0 saturated heterocycles. The van der Waals surface area contributed by atoms with E-state index in [0.29, 0.717) is 10.9 Å². The molecule has 0 aliphatic heterocycles. The summed E-state index contributed by atoms with van der Waals surface area (Å²) in [5.74, 6) is 0.0427. The summed E-state index contributed by atoms with van der Waals surface area (Å²) in [5, 5.41) is 9.88. The molecule has 0 radical (unpaired) electrons. The summed E-state index contributed by atoms with van der Waals surface area (Å²) in [6.45, 7) is 1.81. The highest BCUT2D eigenvalue weighted by Gasteiger charge is 2.04. The molecule has 0 bridgehead atoms. The molecule has 0 fully saturated rings. The number of aryl methyl sites for hydroxylation is 1. The van der Waals surface area contributed by atoms with Crippen LogP contribution >= 0.6 is 0 Å². The molecule has 4 heteroatoms. The van der Waals surface area contributed by atoms with E-state index in [2.05, 4.69) is 9.97 Å². The molecular weight excluding hydrogens is 168 g/mol. The van der Waals surface area contributed by atoms with Crippen molar-refractivity contribution in [2.45, 2.75) is 6.92 Å². The Kier molecular flexibility index (Phi) is 1.55. The molecule has 0 unspecified atom stereocenters. The normalized spacial score (nSPS) is 10.5. The fraction of sp³-hybridized carbons (Fsp3) is 0.111. The van der Waals surface area contributed by atoms with Crippen molar-refractivity contribution in [3.05, 3.63) is 34.4 Å². The quantitative estimate of drug-likeness (QED) is 0.627. The zero-order valence-electron chi connectivity index (χ0n) is 7.03. The van der Waals surface area contributed by atoms with Crippen LogP contribution < -0.4 is 5.56 Å². The fourth-order valence-electron chi connectivity index (χ4n) is 1.30. The average molecular weight is 176 g/mol. The second-order valence-corrected chi connectivity index (χ2v) is 2.91. The maximum atomic E-state index is 11.3. The van der Waals surface area contributed by atoms with Crippen LogP contribution in [-0.4, -0.2) is 15.1 Å². The number of fused-ring (bicyclic) bond motifs is 1. The molecule has 1 aromatic carbocycles. The summed E-state index contributed by atoms with van der Waals surface area (Å²) in [7, 11) is 0. The van der Waals surface area contributed by atoms with Gasteiger partial charge in [0.1, 0.15) is 11.3 Å². The summed E-state index contributed by atoms with van der Waals surface area (Å²) < 4.78 is 0. The molecule has 2 rings (SSSR count). The molecule has 2 N–H and O–H groups in total. The summed E-state index contributed by atoms with van der Waals surface area (Å²) >= 11 is 0. The minimum Gasteiger partial charge on any atom is -0.506 e. The number of benzene rings is 1. The zero-order valence-corrected chi connectivity index (χ0v) is 7.03. The van der Waals surface area contributed by atoms with Gasteiger partial charge in [0.15, 0.2) is 0 Å². The number of nitrogens with zero attached hydrogens (tertiary/aromatic N) is 1. The molecular formula is C9H8N2O2. The predicted octanol–water partition coefficient (Wildman–Crippen LogP) is 0.937. The van der Waals surface area contributed by atoms with Gasteiger partial charge in [-0.15, -0.1) is 0 Å². The number of hydrogen-bond acceptors (Lipinski definition) is 3. The van der Waals surface area contributed by atoms with Crippen LogP contribution in [0.25, 0.3) is 10.9 Å². The summed E-state index contributed by atoms with van der Waals surface area (Å²) in [5.41, 5.74) is 0.946. The van der Waals surface area contributed by atoms with E-state index in [1.165, 1.54) is 6.33 Å². The third kappa shape index (κ3) is 1.16. The predicted molar refractivity (Wildman–Crippen MR) is 48.8 cm³/mol. The first-order valence-electron chi connectivity index (χ1n) is 3.85.